The normalized spacial score (nSPS) is 13.5. The van der Waals surface area contributed by atoms with Gasteiger partial charge in [0.1, 0.15) is 0 Å². The van der Waals surface area contributed by atoms with E-state index in [0.717, 1.165) is 28.4 Å². The van der Waals surface area contributed by atoms with Gasteiger partial charge in [0.15, 0.2) is 0 Å². The van der Waals surface area contributed by atoms with Crippen molar-refractivity contribution < 1.29 is 20.1 Å². The molecule has 1 fully saturated rings. The van der Waals surface area contributed by atoms with Crippen molar-refractivity contribution in [3.63, 3.8) is 0 Å². The van der Waals surface area contributed by atoms with Gasteiger partial charge in [-0.3, -0.25) is 0 Å². The second kappa shape index (κ2) is 15.5. The van der Waals surface area contributed by atoms with Crippen LogP contribution in [0.15, 0.2) is 122 Å². The molecule has 0 amide bonds. The number of benzene rings is 4. The summed E-state index contributed by atoms with van der Waals surface area (Å²) in [6.45, 7) is 4.83. The second-order valence-corrected chi connectivity index (χ2v) is 26.5. The number of aromatic nitrogens is 2. The Balaban J connectivity index is 0.000000215. The number of hydrogen-bond acceptors (Lipinski definition) is 3. The van der Waals surface area contributed by atoms with Crippen molar-refractivity contribution in [3.05, 3.63) is 139 Å². The Morgan fingerprint density at radius 1 is 0.780 bits per heavy atom. The van der Waals surface area contributed by atoms with Crippen LogP contribution >= 0.6 is 11.3 Å². The van der Waals surface area contributed by atoms with Gasteiger partial charge >= 0.3 is 99.8 Å². The first-order chi connectivity index (χ1) is 23.7. The number of fused-ring (bicyclic) bond motifs is 3. The van der Waals surface area contributed by atoms with Crippen LogP contribution in [0.4, 0.5) is 0 Å². The summed E-state index contributed by atoms with van der Waals surface area (Å²) >= 11 is 0.143. The van der Waals surface area contributed by atoms with Crippen LogP contribution in [-0.4, -0.2) is 23.2 Å². The molecule has 8 rings (SSSR count). The van der Waals surface area contributed by atoms with E-state index >= 15 is 0 Å². The summed E-state index contributed by atoms with van der Waals surface area (Å²) in [5, 5.41) is 2.63. The molecule has 0 aliphatic heterocycles. The first-order valence-corrected chi connectivity index (χ1v) is 25.7. The molecule has 1 saturated carbocycles. The minimum absolute atomic E-state index is 0. The van der Waals surface area contributed by atoms with E-state index in [1.54, 1.807) is 0 Å². The Morgan fingerprint density at radius 3 is 2.22 bits per heavy atom. The van der Waals surface area contributed by atoms with Gasteiger partial charge in [0.05, 0.1) is 0 Å². The quantitative estimate of drug-likeness (QED) is 0.123. The molecule has 2 nitrogen and oxygen atoms in total. The molecule has 1 aliphatic carbocycles. The van der Waals surface area contributed by atoms with E-state index in [0.29, 0.717) is 0 Å². The van der Waals surface area contributed by atoms with Crippen LogP contribution in [0.5, 0.6) is 0 Å². The van der Waals surface area contributed by atoms with Gasteiger partial charge < -0.3 is 4.98 Å². The van der Waals surface area contributed by atoms with Gasteiger partial charge in [-0.25, -0.2) is 0 Å². The van der Waals surface area contributed by atoms with Crippen molar-refractivity contribution >= 4 is 49.2 Å². The van der Waals surface area contributed by atoms with Crippen LogP contribution in [0, 0.1) is 18.1 Å². The number of nitrogens with zero attached hydrogens (tertiary/aromatic N) is 2. The van der Waals surface area contributed by atoms with Crippen molar-refractivity contribution in [2.45, 2.75) is 62.2 Å². The number of rotatable bonds is 6. The van der Waals surface area contributed by atoms with Gasteiger partial charge in [0.2, 0.25) is 0 Å². The molecule has 5 heteroatoms. The van der Waals surface area contributed by atoms with Crippen molar-refractivity contribution in [1.29, 1.82) is 0 Å². The van der Waals surface area contributed by atoms with Crippen molar-refractivity contribution in [2.75, 3.05) is 0 Å². The first-order valence-electron chi connectivity index (χ1n) is 17.5. The first kappa shape index (κ1) is 36.4. The third-order valence-electron chi connectivity index (χ3n) is 10.3. The molecule has 3 heterocycles. The maximum Gasteiger partial charge on any atom is 0 e. The molecule has 3 aromatic heterocycles. The van der Waals surface area contributed by atoms with Gasteiger partial charge in [0.25, 0.3) is 0 Å². The van der Waals surface area contributed by atoms with Crippen LogP contribution in [0.25, 0.3) is 53.8 Å². The predicted molar refractivity (Wildman–Crippen MR) is 213 cm³/mol. The van der Waals surface area contributed by atoms with E-state index in [-0.39, 0.29) is 25.5 Å². The summed E-state index contributed by atoms with van der Waals surface area (Å²) in [5.41, 5.74) is 8.27. The van der Waals surface area contributed by atoms with E-state index in [1.807, 2.05) is 48.0 Å². The van der Waals surface area contributed by atoms with E-state index in [4.69, 9.17) is 4.98 Å². The monoisotopic (exact) mass is 911 g/mol. The average molecular weight is 910 g/mol. The van der Waals surface area contributed by atoms with Gasteiger partial charge in [-0.1, -0.05) is 97.8 Å². The molecule has 0 bridgehead atoms. The fourth-order valence-electron chi connectivity index (χ4n) is 7.21. The maximum atomic E-state index is 4.85. The fraction of sp³-hybridized carbons (Fsp3) is 0.244. The van der Waals surface area contributed by atoms with Crippen LogP contribution in [0.2, 0.25) is 17.3 Å². The average Bonchev–Trinajstić information content (AvgIpc) is 3.82. The van der Waals surface area contributed by atoms with Crippen LogP contribution < -0.4 is 4.40 Å². The molecule has 1 aliphatic rings. The minimum Gasteiger partial charge on any atom is 0 e. The number of hydrogen-bond donors (Lipinski definition) is 0. The van der Waals surface area contributed by atoms with Gasteiger partial charge in [-0.15, -0.1) is 17.7 Å². The third kappa shape index (κ3) is 7.60. The second-order valence-electron chi connectivity index (χ2n) is 14.8. The minimum atomic E-state index is -1.72. The van der Waals surface area contributed by atoms with Gasteiger partial charge in [-0.05, 0) is 57.7 Å². The van der Waals surface area contributed by atoms with Crippen LogP contribution in [0.1, 0.15) is 45.1 Å². The van der Waals surface area contributed by atoms with E-state index in [9.17, 15) is 0 Å². The van der Waals surface area contributed by atoms with E-state index in [2.05, 4.69) is 133 Å². The molecule has 50 heavy (non-hydrogen) atoms. The van der Waals surface area contributed by atoms with Crippen LogP contribution in [0.3, 0.4) is 0 Å². The SMILES string of the molecule is CC(C)(c1ccnc(-c2[c-]cc(-c3ccccc3)c3c2sc2ccccc23)c1)C1CCCC1.[CH3][Ge]([CH3])([CH3])[c]1ccc(-c2[c-]cccc2)nc1.[Ir]. The van der Waals surface area contributed by atoms with Gasteiger partial charge in [-0.2, -0.15) is 11.3 Å². The number of thiophene rings is 1. The zero-order valence-corrected chi connectivity index (χ0v) is 34.9. The molecule has 0 spiro atoms. The van der Waals surface area contributed by atoms with Crippen LogP contribution in [-0.2, 0) is 25.5 Å². The van der Waals surface area contributed by atoms with E-state index in [1.165, 1.54) is 66.9 Å². The predicted octanol–water partition coefficient (Wildman–Crippen LogP) is 12.1. The van der Waals surface area contributed by atoms with Crippen molar-refractivity contribution in [3.8, 4) is 33.6 Å². The topological polar surface area (TPSA) is 25.8 Å². The molecule has 0 N–H and O–H groups in total. The number of pyridine rings is 2. The zero-order chi connectivity index (χ0) is 34.0. The van der Waals surface area contributed by atoms with Crippen molar-refractivity contribution in [1.82, 2.24) is 9.97 Å². The Bertz CT molecular complexity index is 2180. The van der Waals surface area contributed by atoms with E-state index < -0.39 is 13.3 Å². The molecular weight excluding hydrogens is 865 g/mol. The molecule has 7 aromatic rings. The largest absolute Gasteiger partial charge is 0 e. The van der Waals surface area contributed by atoms with Crippen molar-refractivity contribution in [2.24, 2.45) is 5.92 Å². The standard InChI is InChI=1S/C31H28NS.C14H16GeN.Ir/c1-31(2,22-12-6-7-13-22)23-18-19-32-27(20-23)25-17-16-24(21-10-4-3-5-11-21)29-26-14-8-9-15-28(26)33-30(25)29;1-15(2,3)13-9-10-14(16-11-13)12-7-5-4-6-8-12;/h3-5,8-11,14-16,18-20,22H,6-7,12-13H2,1-2H3;4-7,9-11H,1-3H3;/q2*-1;. The third-order valence-corrected chi connectivity index (χ3v) is 15.7. The van der Waals surface area contributed by atoms with Gasteiger partial charge in [0, 0.05) is 31.0 Å². The molecular formula is C45H44GeIrN2S-2. The summed E-state index contributed by atoms with van der Waals surface area (Å²) in [4.78, 5) is 9.38. The zero-order valence-electron chi connectivity index (χ0n) is 29.6. The maximum absolute atomic E-state index is 4.85. The smallest absolute Gasteiger partial charge is 0 e. The molecule has 4 aromatic carbocycles. The fourth-order valence-corrected chi connectivity index (χ4v) is 10.6. The molecule has 0 unspecified atom stereocenters. The Hall–Kier alpha value is -3.41. The summed E-state index contributed by atoms with van der Waals surface area (Å²) in [5.74, 6) is 7.89. The Labute approximate surface area is 318 Å². The molecule has 0 atom stereocenters. The summed E-state index contributed by atoms with van der Waals surface area (Å²) in [6.07, 6.45) is 9.44. The molecule has 1 radical (unpaired) electrons. The summed E-state index contributed by atoms with van der Waals surface area (Å²) < 4.78 is 4.04. The Kier molecular flexibility index (Phi) is 11.2. The summed E-state index contributed by atoms with van der Waals surface area (Å²) in [6, 6.07) is 45.3. The Morgan fingerprint density at radius 2 is 1.52 bits per heavy atom. The molecule has 0 saturated heterocycles. The molecule has 255 valence electrons. The summed E-state index contributed by atoms with van der Waals surface area (Å²) in [7, 11) is 0.